The highest BCUT2D eigenvalue weighted by Crippen LogP contribution is 2.28. The first-order valence-electron chi connectivity index (χ1n) is 7.77. The Morgan fingerprint density at radius 1 is 1.24 bits per heavy atom. The Bertz CT molecular complexity index is 590. The maximum Gasteiger partial charge on any atom is 0.210 e. The number of imidazole rings is 1. The van der Waals surface area contributed by atoms with Gasteiger partial charge in [0.1, 0.15) is 0 Å². The van der Waals surface area contributed by atoms with Crippen LogP contribution in [0.5, 0.6) is 0 Å². The van der Waals surface area contributed by atoms with Gasteiger partial charge in [0, 0.05) is 24.5 Å². The molecule has 1 saturated heterocycles. The maximum atomic E-state index is 5.89. The number of piperidine rings is 1. The first-order valence-corrected chi connectivity index (χ1v) is 7.77. The van der Waals surface area contributed by atoms with E-state index in [1.165, 1.54) is 12.8 Å². The molecule has 2 aromatic rings. The van der Waals surface area contributed by atoms with Crippen LogP contribution in [-0.4, -0.2) is 28.7 Å². The third kappa shape index (κ3) is 2.81. The Kier molecular flexibility index (Phi) is 3.97. The van der Waals surface area contributed by atoms with Crippen molar-refractivity contribution < 1.29 is 0 Å². The van der Waals surface area contributed by atoms with Gasteiger partial charge in [-0.25, -0.2) is 4.98 Å². The topological polar surface area (TPSA) is 47.1 Å². The molecular formula is C17H24N4. The summed E-state index contributed by atoms with van der Waals surface area (Å²) >= 11 is 0. The zero-order valence-corrected chi connectivity index (χ0v) is 12.9. The summed E-state index contributed by atoms with van der Waals surface area (Å²) in [4.78, 5) is 7.20. The van der Waals surface area contributed by atoms with Gasteiger partial charge in [-0.15, -0.1) is 0 Å². The molecule has 0 aliphatic carbocycles. The number of aryl methyl sites for hydroxylation is 1. The number of aromatic nitrogens is 2. The van der Waals surface area contributed by atoms with E-state index < -0.39 is 0 Å². The van der Waals surface area contributed by atoms with Gasteiger partial charge in [-0.2, -0.15) is 0 Å². The van der Waals surface area contributed by atoms with Gasteiger partial charge in [-0.3, -0.25) is 4.57 Å². The smallest absolute Gasteiger partial charge is 0.210 e. The van der Waals surface area contributed by atoms with Crippen LogP contribution < -0.4 is 10.6 Å². The zero-order chi connectivity index (χ0) is 14.8. The van der Waals surface area contributed by atoms with E-state index in [2.05, 4.69) is 53.8 Å². The average Bonchev–Trinajstić information content (AvgIpc) is 2.90. The van der Waals surface area contributed by atoms with E-state index in [1.54, 1.807) is 0 Å². The van der Waals surface area contributed by atoms with Crippen LogP contribution in [0.25, 0.3) is 5.69 Å². The van der Waals surface area contributed by atoms with Crippen LogP contribution in [-0.2, 0) is 0 Å². The second-order valence-electron chi connectivity index (χ2n) is 6.07. The summed E-state index contributed by atoms with van der Waals surface area (Å²) in [6.07, 6.45) is 4.52. The van der Waals surface area contributed by atoms with Gasteiger partial charge in [0.05, 0.1) is 5.69 Å². The molecule has 21 heavy (non-hydrogen) atoms. The maximum absolute atomic E-state index is 5.89. The fraction of sp³-hybridized carbons (Fsp3) is 0.471. The molecule has 0 bridgehead atoms. The fourth-order valence-electron chi connectivity index (χ4n) is 3.12. The summed E-state index contributed by atoms with van der Waals surface area (Å²) in [6.45, 7) is 6.10. The normalized spacial score (nSPS) is 22.5. The molecule has 0 spiro atoms. The highest BCUT2D eigenvalue weighted by Gasteiger charge is 2.28. The first kappa shape index (κ1) is 14.1. The van der Waals surface area contributed by atoms with E-state index in [0.29, 0.717) is 12.0 Å². The van der Waals surface area contributed by atoms with Crippen LogP contribution in [0, 0.1) is 12.8 Å². The molecule has 4 heteroatoms. The van der Waals surface area contributed by atoms with E-state index >= 15 is 0 Å². The molecule has 1 aromatic carbocycles. The van der Waals surface area contributed by atoms with E-state index in [-0.39, 0.29) is 0 Å². The van der Waals surface area contributed by atoms with Crippen molar-refractivity contribution in [3.05, 3.63) is 42.2 Å². The van der Waals surface area contributed by atoms with Gasteiger partial charge >= 0.3 is 0 Å². The SMILES string of the molecule is Cc1cn(-c2ccccc2)c(N2CC(CN)CCC2C)n1. The Labute approximate surface area is 126 Å². The highest BCUT2D eigenvalue weighted by atomic mass is 15.3. The van der Waals surface area contributed by atoms with Crippen LogP contribution in [0.15, 0.2) is 36.5 Å². The number of hydrogen-bond donors (Lipinski definition) is 1. The summed E-state index contributed by atoms with van der Waals surface area (Å²) in [5.41, 5.74) is 8.10. The molecule has 2 atom stereocenters. The Morgan fingerprint density at radius 3 is 2.71 bits per heavy atom. The molecule has 1 aliphatic heterocycles. The van der Waals surface area contributed by atoms with Gasteiger partial charge in [0.15, 0.2) is 0 Å². The molecular weight excluding hydrogens is 260 g/mol. The number of benzene rings is 1. The van der Waals surface area contributed by atoms with E-state index in [9.17, 15) is 0 Å². The lowest BCUT2D eigenvalue weighted by molar-refractivity contribution is 0.369. The van der Waals surface area contributed by atoms with E-state index in [0.717, 1.165) is 30.4 Å². The number of nitrogens with zero attached hydrogens (tertiary/aromatic N) is 3. The number of para-hydroxylation sites is 1. The van der Waals surface area contributed by atoms with Crippen molar-refractivity contribution in [1.82, 2.24) is 9.55 Å². The Hall–Kier alpha value is -1.81. The first-order chi connectivity index (χ1) is 10.2. The third-order valence-corrected chi connectivity index (χ3v) is 4.41. The quantitative estimate of drug-likeness (QED) is 0.942. The van der Waals surface area contributed by atoms with E-state index in [4.69, 9.17) is 10.7 Å². The highest BCUT2D eigenvalue weighted by molar-refractivity contribution is 5.46. The molecule has 0 saturated carbocycles. The van der Waals surface area contributed by atoms with Crippen molar-refractivity contribution in [2.75, 3.05) is 18.0 Å². The van der Waals surface area contributed by atoms with Crippen molar-refractivity contribution in [3.63, 3.8) is 0 Å². The van der Waals surface area contributed by atoms with Crippen LogP contribution in [0.2, 0.25) is 0 Å². The lowest BCUT2D eigenvalue weighted by Crippen LogP contribution is -2.45. The molecule has 1 fully saturated rings. The van der Waals surface area contributed by atoms with Crippen molar-refractivity contribution in [2.24, 2.45) is 11.7 Å². The molecule has 0 amide bonds. The minimum absolute atomic E-state index is 0.511. The van der Waals surface area contributed by atoms with Crippen LogP contribution in [0.3, 0.4) is 0 Å². The molecule has 2 N–H and O–H groups in total. The summed E-state index contributed by atoms with van der Waals surface area (Å²) in [7, 11) is 0. The Morgan fingerprint density at radius 2 is 2.00 bits per heavy atom. The molecule has 2 unspecified atom stereocenters. The van der Waals surface area contributed by atoms with Gasteiger partial charge in [-0.1, -0.05) is 18.2 Å². The van der Waals surface area contributed by atoms with Crippen LogP contribution in [0.1, 0.15) is 25.5 Å². The van der Waals surface area contributed by atoms with Gasteiger partial charge in [0.25, 0.3) is 0 Å². The number of rotatable bonds is 3. The third-order valence-electron chi connectivity index (χ3n) is 4.41. The average molecular weight is 284 g/mol. The molecule has 0 radical (unpaired) electrons. The number of hydrogen-bond acceptors (Lipinski definition) is 3. The molecule has 1 aromatic heterocycles. The molecule has 3 rings (SSSR count). The predicted molar refractivity (Wildman–Crippen MR) is 86.9 cm³/mol. The summed E-state index contributed by atoms with van der Waals surface area (Å²) < 4.78 is 2.20. The second kappa shape index (κ2) is 5.90. The number of anilines is 1. The fourth-order valence-corrected chi connectivity index (χ4v) is 3.12. The van der Waals surface area contributed by atoms with Crippen molar-refractivity contribution >= 4 is 5.95 Å². The van der Waals surface area contributed by atoms with Crippen LogP contribution >= 0.6 is 0 Å². The van der Waals surface area contributed by atoms with Gasteiger partial charge < -0.3 is 10.6 Å². The lowest BCUT2D eigenvalue weighted by Gasteiger charge is -2.38. The monoisotopic (exact) mass is 284 g/mol. The molecule has 4 nitrogen and oxygen atoms in total. The molecule has 1 aliphatic rings. The zero-order valence-electron chi connectivity index (χ0n) is 12.9. The molecule has 112 valence electrons. The number of nitrogens with two attached hydrogens (primary N) is 1. The van der Waals surface area contributed by atoms with Crippen molar-refractivity contribution in [3.8, 4) is 5.69 Å². The largest absolute Gasteiger partial charge is 0.339 e. The standard InChI is InChI=1S/C17H24N4/c1-13-11-21(16-6-4-3-5-7-16)17(19-13)20-12-15(10-18)9-8-14(20)2/h3-7,11,14-15H,8-10,12,18H2,1-2H3. The minimum atomic E-state index is 0.511. The summed E-state index contributed by atoms with van der Waals surface area (Å²) in [5, 5.41) is 0. The lowest BCUT2D eigenvalue weighted by atomic mass is 9.94. The van der Waals surface area contributed by atoms with Gasteiger partial charge in [-0.05, 0) is 51.3 Å². The minimum Gasteiger partial charge on any atom is -0.339 e. The van der Waals surface area contributed by atoms with E-state index in [1.807, 2.05) is 6.07 Å². The summed E-state index contributed by atoms with van der Waals surface area (Å²) in [6, 6.07) is 10.9. The second-order valence-corrected chi connectivity index (χ2v) is 6.07. The van der Waals surface area contributed by atoms with Crippen molar-refractivity contribution in [2.45, 2.75) is 32.7 Å². The summed E-state index contributed by atoms with van der Waals surface area (Å²) in [5.74, 6) is 1.62. The predicted octanol–water partition coefficient (Wildman–Crippen LogP) is 2.74. The van der Waals surface area contributed by atoms with Gasteiger partial charge in [0.2, 0.25) is 5.95 Å². The van der Waals surface area contributed by atoms with Crippen LogP contribution in [0.4, 0.5) is 5.95 Å². The Balaban J connectivity index is 1.98. The molecule has 2 heterocycles. The van der Waals surface area contributed by atoms with Crippen molar-refractivity contribution in [1.29, 1.82) is 0 Å².